The minimum absolute atomic E-state index is 0.126. The highest BCUT2D eigenvalue weighted by molar-refractivity contribution is 7.92. The van der Waals surface area contributed by atoms with Gasteiger partial charge in [0.1, 0.15) is 0 Å². The van der Waals surface area contributed by atoms with Gasteiger partial charge in [0.2, 0.25) is 0 Å². The predicted molar refractivity (Wildman–Crippen MR) is 83.7 cm³/mol. The quantitative estimate of drug-likeness (QED) is 0.892. The van der Waals surface area contributed by atoms with Crippen molar-refractivity contribution < 1.29 is 13.5 Å². The number of benzene rings is 2. The normalized spacial score (nSPS) is 11.6. The van der Waals surface area contributed by atoms with E-state index < -0.39 is 10.0 Å². The van der Waals surface area contributed by atoms with E-state index in [2.05, 4.69) is 18.6 Å². The number of nitrogens with one attached hydrogen (secondary N) is 1. The van der Waals surface area contributed by atoms with Crippen LogP contribution in [-0.4, -0.2) is 13.5 Å². The highest BCUT2D eigenvalue weighted by Crippen LogP contribution is 2.20. The number of anilines is 1. The van der Waals surface area contributed by atoms with Gasteiger partial charge in [0.25, 0.3) is 10.0 Å². The molecule has 0 aliphatic carbocycles. The minimum Gasteiger partial charge on any atom is -0.392 e. The summed E-state index contributed by atoms with van der Waals surface area (Å²) in [4.78, 5) is 0.223. The smallest absolute Gasteiger partial charge is 0.261 e. The van der Waals surface area contributed by atoms with Crippen molar-refractivity contribution in [1.29, 1.82) is 0 Å². The molecular formula is C16H19NO3S. The third-order valence-corrected chi connectivity index (χ3v) is 4.62. The zero-order chi connectivity index (χ0) is 15.5. The summed E-state index contributed by atoms with van der Waals surface area (Å²) in [5.74, 6) is 0.357. The highest BCUT2D eigenvalue weighted by Gasteiger charge is 2.14. The van der Waals surface area contributed by atoms with Crippen LogP contribution in [0, 0.1) is 0 Å². The van der Waals surface area contributed by atoms with E-state index in [0.29, 0.717) is 17.2 Å². The Morgan fingerprint density at radius 1 is 1.10 bits per heavy atom. The van der Waals surface area contributed by atoms with Gasteiger partial charge in [0, 0.05) is 5.69 Å². The molecule has 0 saturated heterocycles. The average molecular weight is 305 g/mol. The van der Waals surface area contributed by atoms with Crippen LogP contribution in [0.2, 0.25) is 0 Å². The second-order valence-electron chi connectivity index (χ2n) is 5.19. The van der Waals surface area contributed by atoms with Crippen molar-refractivity contribution in [3.8, 4) is 0 Å². The lowest BCUT2D eigenvalue weighted by molar-refractivity contribution is 0.282. The molecule has 21 heavy (non-hydrogen) atoms. The van der Waals surface area contributed by atoms with Gasteiger partial charge < -0.3 is 5.11 Å². The van der Waals surface area contributed by atoms with Crippen LogP contribution in [0.5, 0.6) is 0 Å². The Morgan fingerprint density at radius 2 is 1.76 bits per heavy atom. The molecule has 2 N–H and O–H groups in total. The molecule has 2 aromatic rings. The maximum atomic E-state index is 12.3. The Kier molecular flexibility index (Phi) is 4.65. The lowest BCUT2D eigenvalue weighted by Crippen LogP contribution is -2.13. The Hall–Kier alpha value is -1.85. The van der Waals surface area contributed by atoms with Gasteiger partial charge in [-0.25, -0.2) is 8.42 Å². The number of aliphatic hydroxyl groups is 1. The fraction of sp³-hybridized carbons (Fsp3) is 0.250. The third kappa shape index (κ3) is 3.83. The second kappa shape index (κ2) is 6.28. The first kappa shape index (κ1) is 15.5. The van der Waals surface area contributed by atoms with Crippen molar-refractivity contribution >= 4 is 15.7 Å². The summed E-state index contributed by atoms with van der Waals surface area (Å²) in [7, 11) is -3.61. The Bertz CT molecular complexity index is 707. The van der Waals surface area contributed by atoms with E-state index in [1.807, 2.05) is 12.1 Å². The van der Waals surface area contributed by atoms with Crippen LogP contribution >= 0.6 is 0 Å². The Morgan fingerprint density at radius 3 is 2.33 bits per heavy atom. The molecule has 0 radical (unpaired) electrons. The monoisotopic (exact) mass is 305 g/mol. The molecule has 5 heteroatoms. The molecule has 0 aliphatic heterocycles. The predicted octanol–water partition coefficient (Wildman–Crippen LogP) is 3.10. The van der Waals surface area contributed by atoms with E-state index >= 15 is 0 Å². The highest BCUT2D eigenvalue weighted by atomic mass is 32.2. The molecule has 0 bridgehead atoms. The molecule has 0 aromatic heterocycles. The lowest BCUT2D eigenvalue weighted by Gasteiger charge is -2.10. The maximum Gasteiger partial charge on any atom is 0.261 e. The molecule has 112 valence electrons. The van der Waals surface area contributed by atoms with Gasteiger partial charge in [0.15, 0.2) is 0 Å². The Labute approximate surface area is 125 Å². The zero-order valence-corrected chi connectivity index (χ0v) is 12.9. The van der Waals surface area contributed by atoms with Crippen LogP contribution in [-0.2, 0) is 16.6 Å². The van der Waals surface area contributed by atoms with E-state index in [0.717, 1.165) is 5.56 Å². The fourth-order valence-corrected chi connectivity index (χ4v) is 3.03. The summed E-state index contributed by atoms with van der Waals surface area (Å²) in [5.41, 5.74) is 2.19. The summed E-state index contributed by atoms with van der Waals surface area (Å²) in [6.45, 7) is 3.99. The molecule has 2 rings (SSSR count). The van der Waals surface area contributed by atoms with Crippen LogP contribution in [0.3, 0.4) is 0 Å². The molecule has 0 unspecified atom stereocenters. The van der Waals surface area contributed by atoms with Crippen molar-refractivity contribution in [2.45, 2.75) is 31.3 Å². The second-order valence-corrected chi connectivity index (χ2v) is 6.87. The van der Waals surface area contributed by atoms with Crippen molar-refractivity contribution in [2.24, 2.45) is 0 Å². The van der Waals surface area contributed by atoms with Crippen molar-refractivity contribution in [1.82, 2.24) is 0 Å². The number of rotatable bonds is 5. The fourth-order valence-electron chi connectivity index (χ4n) is 1.98. The van der Waals surface area contributed by atoms with E-state index in [1.165, 1.54) is 0 Å². The first-order chi connectivity index (χ1) is 9.92. The maximum absolute atomic E-state index is 12.3. The first-order valence-electron chi connectivity index (χ1n) is 6.75. The average Bonchev–Trinajstić information content (AvgIpc) is 2.47. The lowest BCUT2D eigenvalue weighted by atomic mass is 10.0. The molecule has 2 aromatic carbocycles. The van der Waals surface area contributed by atoms with E-state index in [1.54, 1.807) is 36.4 Å². The van der Waals surface area contributed by atoms with Gasteiger partial charge in [-0.15, -0.1) is 0 Å². The summed E-state index contributed by atoms with van der Waals surface area (Å²) in [6.07, 6.45) is 0. The van der Waals surface area contributed by atoms with Crippen LogP contribution in [0.4, 0.5) is 5.69 Å². The number of sulfonamides is 1. The van der Waals surface area contributed by atoms with Gasteiger partial charge >= 0.3 is 0 Å². The Balaban J connectivity index is 2.25. The number of hydrogen-bond acceptors (Lipinski definition) is 3. The molecule has 0 amide bonds. The standard InChI is InChI=1S/C16H19NO3S/c1-12(2)14-6-8-16(9-7-14)21(19,20)17-15-5-3-4-13(10-15)11-18/h3-10,12,17-18H,11H2,1-2H3. The minimum atomic E-state index is -3.61. The van der Waals surface area contributed by atoms with Crippen LogP contribution in [0.25, 0.3) is 0 Å². The summed E-state index contributed by atoms with van der Waals surface area (Å²) >= 11 is 0. The van der Waals surface area contributed by atoms with Gasteiger partial charge in [-0.3, -0.25) is 4.72 Å². The molecule has 0 heterocycles. The van der Waals surface area contributed by atoms with Crippen LogP contribution in [0.1, 0.15) is 30.9 Å². The topological polar surface area (TPSA) is 66.4 Å². The summed E-state index contributed by atoms with van der Waals surface area (Å²) < 4.78 is 27.1. The number of aliphatic hydroxyl groups excluding tert-OH is 1. The molecule has 0 spiro atoms. The summed E-state index contributed by atoms with van der Waals surface area (Å²) in [5, 5.41) is 9.08. The van der Waals surface area contributed by atoms with E-state index in [4.69, 9.17) is 5.11 Å². The molecular weight excluding hydrogens is 286 g/mol. The summed E-state index contributed by atoms with van der Waals surface area (Å²) in [6, 6.07) is 13.5. The molecule has 4 nitrogen and oxygen atoms in total. The SMILES string of the molecule is CC(C)c1ccc(S(=O)(=O)Nc2cccc(CO)c2)cc1. The van der Waals surface area contributed by atoms with E-state index in [9.17, 15) is 8.42 Å². The van der Waals surface area contributed by atoms with Gasteiger partial charge in [-0.1, -0.05) is 38.1 Å². The van der Waals surface area contributed by atoms with Crippen molar-refractivity contribution in [3.05, 3.63) is 59.7 Å². The van der Waals surface area contributed by atoms with Crippen LogP contribution < -0.4 is 4.72 Å². The van der Waals surface area contributed by atoms with Crippen molar-refractivity contribution in [3.63, 3.8) is 0 Å². The number of hydrogen-bond donors (Lipinski definition) is 2. The van der Waals surface area contributed by atoms with Crippen LogP contribution in [0.15, 0.2) is 53.4 Å². The van der Waals surface area contributed by atoms with Gasteiger partial charge in [-0.2, -0.15) is 0 Å². The largest absolute Gasteiger partial charge is 0.392 e. The molecule has 0 saturated carbocycles. The first-order valence-corrected chi connectivity index (χ1v) is 8.23. The molecule has 0 atom stereocenters. The molecule has 0 aliphatic rings. The third-order valence-electron chi connectivity index (χ3n) is 3.22. The van der Waals surface area contributed by atoms with Crippen molar-refractivity contribution in [2.75, 3.05) is 4.72 Å². The van der Waals surface area contributed by atoms with Gasteiger partial charge in [0.05, 0.1) is 11.5 Å². The zero-order valence-electron chi connectivity index (χ0n) is 12.1. The van der Waals surface area contributed by atoms with E-state index in [-0.39, 0.29) is 11.5 Å². The van der Waals surface area contributed by atoms with Gasteiger partial charge in [-0.05, 0) is 41.3 Å². The molecule has 0 fully saturated rings.